The van der Waals surface area contributed by atoms with Crippen LogP contribution in [0.5, 0.6) is 0 Å². The fraction of sp³-hybridized carbons (Fsp3) is 0.350. The van der Waals surface area contributed by atoms with Gasteiger partial charge in [0.05, 0.1) is 62.8 Å². The van der Waals surface area contributed by atoms with Crippen LogP contribution in [0.3, 0.4) is 0 Å². The van der Waals surface area contributed by atoms with Gasteiger partial charge in [-0.2, -0.15) is 26.3 Å². The Bertz CT molecular complexity index is 1960. The molecule has 0 amide bonds. The van der Waals surface area contributed by atoms with Crippen LogP contribution in [0.25, 0.3) is 0 Å². The van der Waals surface area contributed by atoms with Crippen molar-refractivity contribution in [1.82, 2.24) is 0 Å². The SMILES string of the molecule is CO/C=C(/C(=O)OC)C1=C(CO/N=C(\C)c2cccc(C(F)(F)F)c2)CC(C)=C(C)C1.CO/C=C(\C#CCO/N=C(\C)c1cccc(C(F)(F)F)c1)C(=O)OC. The zero-order valence-electron chi connectivity index (χ0n) is 32.0. The van der Waals surface area contributed by atoms with Crippen molar-refractivity contribution < 1.29 is 64.6 Å². The summed E-state index contributed by atoms with van der Waals surface area (Å²) in [4.78, 5) is 34.0. The molecule has 0 heterocycles. The predicted octanol–water partition coefficient (Wildman–Crippen LogP) is 8.73. The smallest absolute Gasteiger partial charge is 0.416 e. The van der Waals surface area contributed by atoms with Crippen molar-refractivity contribution in [2.75, 3.05) is 41.7 Å². The lowest BCUT2D eigenvalue weighted by molar-refractivity contribution is -0.138. The molecule has 0 bridgehead atoms. The average molecular weight is 793 g/mol. The van der Waals surface area contributed by atoms with Gasteiger partial charge in [0, 0.05) is 0 Å². The largest absolute Gasteiger partial charge is 0.503 e. The molecule has 56 heavy (non-hydrogen) atoms. The number of allylic oxidation sites excluding steroid dienone is 2. The molecular formula is C40H42F6N2O8. The first-order valence-electron chi connectivity index (χ1n) is 16.5. The Labute approximate surface area is 321 Å². The van der Waals surface area contributed by atoms with Crippen LogP contribution in [0.4, 0.5) is 26.3 Å². The highest BCUT2D eigenvalue weighted by Gasteiger charge is 2.31. The predicted molar refractivity (Wildman–Crippen MR) is 196 cm³/mol. The van der Waals surface area contributed by atoms with Crippen molar-refractivity contribution in [2.45, 2.75) is 52.9 Å². The normalized spacial score (nSPS) is 14.2. The van der Waals surface area contributed by atoms with Crippen LogP contribution in [0.2, 0.25) is 0 Å². The molecule has 1 aliphatic carbocycles. The molecule has 302 valence electrons. The Kier molecular flexibility index (Phi) is 18.0. The number of carbonyl (C=O) groups excluding carboxylic acids is 2. The van der Waals surface area contributed by atoms with Crippen molar-refractivity contribution in [3.05, 3.63) is 117 Å². The lowest BCUT2D eigenvalue weighted by atomic mass is 9.84. The van der Waals surface area contributed by atoms with Crippen molar-refractivity contribution in [2.24, 2.45) is 10.3 Å². The van der Waals surface area contributed by atoms with Gasteiger partial charge >= 0.3 is 24.3 Å². The molecule has 0 fully saturated rings. The highest BCUT2D eigenvalue weighted by atomic mass is 19.4. The first-order chi connectivity index (χ1) is 26.4. The monoisotopic (exact) mass is 792 g/mol. The number of esters is 2. The van der Waals surface area contributed by atoms with Gasteiger partial charge in [0.2, 0.25) is 0 Å². The van der Waals surface area contributed by atoms with Crippen molar-refractivity contribution in [3.63, 3.8) is 0 Å². The standard InChI is InChI=1S/C23H26F3NO4.C17H16F3NO4/c1-14-9-18(20(10-15(14)2)21(13-29-4)22(28)30-5)12-31-27-16(3)17-7-6-8-19(11-17)23(24,25)26;1-12(13-6-4-8-15(10-13)17(18,19)20)21-25-9-5-7-14(11-23-2)16(22)24-3/h6-8,11,13H,9-10,12H2,1-5H3;4,6,8,10-11H,9H2,1-3H3/b21-13+,27-16+;14-11+,21-12+. The number of ether oxygens (including phenoxy) is 4. The fourth-order valence-corrected chi connectivity index (χ4v) is 4.82. The van der Waals surface area contributed by atoms with E-state index in [1.807, 2.05) is 13.8 Å². The zero-order chi connectivity index (χ0) is 42.1. The number of benzene rings is 2. The second-order valence-electron chi connectivity index (χ2n) is 11.9. The number of hydrogen-bond acceptors (Lipinski definition) is 10. The lowest BCUT2D eigenvalue weighted by Crippen LogP contribution is -2.15. The summed E-state index contributed by atoms with van der Waals surface area (Å²) in [7, 11) is 5.29. The molecule has 2 aromatic carbocycles. The van der Waals surface area contributed by atoms with E-state index in [4.69, 9.17) is 23.9 Å². The average Bonchev–Trinajstić information content (AvgIpc) is 3.16. The number of hydrogen-bond donors (Lipinski definition) is 0. The number of halogens is 6. The van der Waals surface area contributed by atoms with Gasteiger partial charge in [-0.1, -0.05) is 57.6 Å². The Morgan fingerprint density at radius 2 is 1.23 bits per heavy atom. The van der Waals surface area contributed by atoms with Crippen LogP contribution >= 0.6 is 0 Å². The Morgan fingerprint density at radius 1 is 0.732 bits per heavy atom. The number of alkyl halides is 6. The summed E-state index contributed by atoms with van der Waals surface area (Å²) in [5.41, 5.74) is 3.79. The summed E-state index contributed by atoms with van der Waals surface area (Å²) in [6.45, 7) is 6.98. The molecule has 0 unspecified atom stereocenters. The third kappa shape index (κ3) is 14.3. The van der Waals surface area contributed by atoms with E-state index in [1.54, 1.807) is 6.92 Å². The van der Waals surface area contributed by atoms with E-state index >= 15 is 0 Å². The zero-order valence-corrected chi connectivity index (χ0v) is 32.0. The molecule has 0 N–H and O–H groups in total. The molecule has 0 aromatic heterocycles. The summed E-state index contributed by atoms with van der Waals surface area (Å²) in [5.74, 6) is 3.81. The molecule has 0 saturated heterocycles. The number of methoxy groups -OCH3 is 4. The maximum Gasteiger partial charge on any atom is 0.416 e. The first-order valence-corrected chi connectivity index (χ1v) is 16.5. The summed E-state index contributed by atoms with van der Waals surface area (Å²) >= 11 is 0. The van der Waals surface area contributed by atoms with Gasteiger partial charge in [-0.3, -0.25) is 0 Å². The Morgan fingerprint density at radius 3 is 1.71 bits per heavy atom. The second-order valence-corrected chi connectivity index (χ2v) is 11.9. The van der Waals surface area contributed by atoms with Crippen LogP contribution < -0.4 is 0 Å². The van der Waals surface area contributed by atoms with Crippen molar-refractivity contribution in [1.29, 1.82) is 0 Å². The molecule has 0 spiro atoms. The minimum absolute atomic E-state index is 0.00724. The lowest BCUT2D eigenvalue weighted by Gasteiger charge is -2.23. The van der Waals surface area contributed by atoms with Gasteiger partial charge in [-0.05, 0) is 87.1 Å². The summed E-state index contributed by atoms with van der Waals surface area (Å²) in [6.07, 6.45) is -5.29. The highest BCUT2D eigenvalue weighted by molar-refractivity contribution is 5.99. The minimum Gasteiger partial charge on any atom is -0.503 e. The van der Waals surface area contributed by atoms with E-state index in [1.165, 1.54) is 65.9 Å². The molecule has 3 rings (SSSR count). The molecule has 10 nitrogen and oxygen atoms in total. The third-order valence-corrected chi connectivity index (χ3v) is 7.90. The molecule has 0 saturated carbocycles. The molecule has 16 heteroatoms. The van der Waals surface area contributed by atoms with Crippen LogP contribution in [0.1, 0.15) is 62.8 Å². The molecule has 0 atom stereocenters. The van der Waals surface area contributed by atoms with Crippen molar-refractivity contribution in [3.8, 4) is 11.8 Å². The Hall–Kier alpha value is -5.98. The minimum atomic E-state index is -4.43. The molecule has 0 aliphatic heterocycles. The second kappa shape index (κ2) is 21.8. The quantitative estimate of drug-likeness (QED) is 0.0242. The number of carbonyl (C=O) groups is 2. The van der Waals surface area contributed by atoms with Crippen molar-refractivity contribution >= 4 is 23.4 Å². The molecular weight excluding hydrogens is 750 g/mol. The number of oxime groups is 2. The van der Waals surface area contributed by atoms with E-state index in [0.29, 0.717) is 29.7 Å². The topological polar surface area (TPSA) is 114 Å². The van der Waals surface area contributed by atoms with Gasteiger partial charge in [0.25, 0.3) is 0 Å². The molecule has 2 aromatic rings. The molecule has 1 aliphatic rings. The van der Waals surface area contributed by atoms with E-state index < -0.39 is 35.4 Å². The van der Waals surface area contributed by atoms with E-state index in [9.17, 15) is 35.9 Å². The molecule has 0 radical (unpaired) electrons. The summed E-state index contributed by atoms with van der Waals surface area (Å²) < 4.78 is 96.0. The van der Waals surface area contributed by atoms with Gasteiger partial charge < -0.3 is 28.6 Å². The first kappa shape index (κ1) is 46.2. The van der Waals surface area contributed by atoms with Gasteiger partial charge in [-0.25, -0.2) is 9.59 Å². The number of nitrogens with zero attached hydrogens (tertiary/aromatic N) is 2. The van der Waals surface area contributed by atoms with Crippen LogP contribution in [-0.4, -0.2) is 65.0 Å². The summed E-state index contributed by atoms with van der Waals surface area (Å²) in [5, 5.41) is 7.70. The van der Waals surface area contributed by atoms with E-state index in [0.717, 1.165) is 52.8 Å². The number of rotatable bonds is 12. The summed E-state index contributed by atoms with van der Waals surface area (Å²) in [6, 6.07) is 9.62. The Balaban J connectivity index is 0.000000396. The van der Waals surface area contributed by atoms with Gasteiger partial charge in [0.15, 0.2) is 6.61 Å². The van der Waals surface area contributed by atoms with E-state index in [2.05, 4.69) is 26.9 Å². The van der Waals surface area contributed by atoms with Crippen LogP contribution in [0.15, 0.2) is 105 Å². The van der Waals surface area contributed by atoms with Crippen LogP contribution in [-0.2, 0) is 50.6 Å². The van der Waals surface area contributed by atoms with Gasteiger partial charge in [-0.15, -0.1) is 0 Å². The highest BCUT2D eigenvalue weighted by Crippen LogP contribution is 2.35. The fourth-order valence-electron chi connectivity index (χ4n) is 4.82. The third-order valence-electron chi connectivity index (χ3n) is 7.90. The van der Waals surface area contributed by atoms with Gasteiger partial charge in [0.1, 0.15) is 18.4 Å². The van der Waals surface area contributed by atoms with Crippen LogP contribution in [0, 0.1) is 11.8 Å². The maximum atomic E-state index is 12.9. The van der Waals surface area contributed by atoms with E-state index in [-0.39, 0.29) is 30.1 Å². The maximum absolute atomic E-state index is 12.9.